The second kappa shape index (κ2) is 7.68. The molecule has 0 saturated heterocycles. The van der Waals surface area contributed by atoms with Crippen LogP contribution in [-0.2, 0) is 24.2 Å². The molecule has 142 valence electrons. The Hall–Kier alpha value is -3.41. The smallest absolute Gasteiger partial charge is 0.257 e. The number of carbonyl (C=O) groups is 1. The summed E-state index contributed by atoms with van der Waals surface area (Å²) in [5, 5.41) is 7.94. The zero-order chi connectivity index (χ0) is 19.5. The number of nitrogens with zero attached hydrogens (tertiary/aromatic N) is 2. The van der Waals surface area contributed by atoms with Crippen molar-refractivity contribution < 1.29 is 9.32 Å². The molecule has 4 rings (SSSR count). The van der Waals surface area contributed by atoms with Gasteiger partial charge in [-0.2, -0.15) is 4.98 Å². The number of hydrogen-bond donors (Lipinski definition) is 2. The monoisotopic (exact) mass is 374 g/mol. The van der Waals surface area contributed by atoms with Crippen molar-refractivity contribution in [2.75, 3.05) is 0 Å². The SMILES string of the molecule is CCc1cccc2c(CC(=O)NCc3noc(-c4ccccc4)n3)c(C)[nH]c12. The van der Waals surface area contributed by atoms with Crippen LogP contribution in [0.25, 0.3) is 22.4 Å². The molecule has 0 aliphatic heterocycles. The predicted molar refractivity (Wildman–Crippen MR) is 108 cm³/mol. The largest absolute Gasteiger partial charge is 0.358 e. The third kappa shape index (κ3) is 3.53. The van der Waals surface area contributed by atoms with Gasteiger partial charge >= 0.3 is 0 Å². The molecule has 0 aliphatic carbocycles. The van der Waals surface area contributed by atoms with Crippen LogP contribution in [-0.4, -0.2) is 21.0 Å². The molecular formula is C22H22N4O2. The van der Waals surface area contributed by atoms with Gasteiger partial charge in [-0.1, -0.05) is 48.5 Å². The van der Waals surface area contributed by atoms with Crippen molar-refractivity contribution in [2.24, 2.45) is 0 Å². The van der Waals surface area contributed by atoms with Crippen LogP contribution in [0, 0.1) is 6.92 Å². The number of benzene rings is 2. The van der Waals surface area contributed by atoms with E-state index < -0.39 is 0 Å². The zero-order valence-electron chi connectivity index (χ0n) is 16.0. The maximum atomic E-state index is 12.5. The molecule has 0 radical (unpaired) electrons. The van der Waals surface area contributed by atoms with Crippen molar-refractivity contribution in [1.82, 2.24) is 20.4 Å². The van der Waals surface area contributed by atoms with Gasteiger partial charge in [-0.25, -0.2) is 0 Å². The molecule has 2 N–H and O–H groups in total. The summed E-state index contributed by atoms with van der Waals surface area (Å²) in [5.41, 5.74) is 5.29. The van der Waals surface area contributed by atoms with Crippen LogP contribution in [0.4, 0.5) is 0 Å². The number of fused-ring (bicyclic) bond motifs is 1. The van der Waals surface area contributed by atoms with E-state index in [1.54, 1.807) is 0 Å². The van der Waals surface area contributed by atoms with Gasteiger partial charge in [0.15, 0.2) is 5.82 Å². The fourth-order valence-electron chi connectivity index (χ4n) is 3.41. The van der Waals surface area contributed by atoms with E-state index >= 15 is 0 Å². The molecule has 28 heavy (non-hydrogen) atoms. The second-order valence-electron chi connectivity index (χ2n) is 6.76. The molecule has 2 aromatic carbocycles. The Morgan fingerprint density at radius 1 is 1.14 bits per heavy atom. The molecule has 0 fully saturated rings. The highest BCUT2D eigenvalue weighted by atomic mass is 16.5. The van der Waals surface area contributed by atoms with Crippen LogP contribution in [0.5, 0.6) is 0 Å². The molecule has 0 atom stereocenters. The summed E-state index contributed by atoms with van der Waals surface area (Å²) >= 11 is 0. The fraction of sp³-hybridized carbons (Fsp3) is 0.227. The fourth-order valence-corrected chi connectivity index (χ4v) is 3.41. The van der Waals surface area contributed by atoms with Crippen LogP contribution in [0.2, 0.25) is 0 Å². The molecule has 0 aliphatic rings. The van der Waals surface area contributed by atoms with E-state index in [1.165, 1.54) is 5.56 Å². The van der Waals surface area contributed by atoms with Crippen molar-refractivity contribution in [1.29, 1.82) is 0 Å². The Morgan fingerprint density at radius 2 is 1.96 bits per heavy atom. The van der Waals surface area contributed by atoms with Crippen LogP contribution in [0.3, 0.4) is 0 Å². The lowest BCUT2D eigenvalue weighted by molar-refractivity contribution is -0.120. The number of aryl methyl sites for hydroxylation is 2. The lowest BCUT2D eigenvalue weighted by Crippen LogP contribution is -2.25. The van der Waals surface area contributed by atoms with E-state index in [2.05, 4.69) is 39.5 Å². The summed E-state index contributed by atoms with van der Waals surface area (Å²) in [6.45, 7) is 4.37. The molecule has 0 saturated carbocycles. The summed E-state index contributed by atoms with van der Waals surface area (Å²) in [7, 11) is 0. The first-order chi connectivity index (χ1) is 13.7. The summed E-state index contributed by atoms with van der Waals surface area (Å²) in [6, 6.07) is 15.8. The second-order valence-corrected chi connectivity index (χ2v) is 6.76. The zero-order valence-corrected chi connectivity index (χ0v) is 16.0. The van der Waals surface area contributed by atoms with Gasteiger partial charge < -0.3 is 14.8 Å². The number of nitrogens with one attached hydrogen (secondary N) is 2. The van der Waals surface area contributed by atoms with Gasteiger partial charge in [0.25, 0.3) is 5.89 Å². The van der Waals surface area contributed by atoms with Crippen molar-refractivity contribution in [3.05, 3.63) is 71.2 Å². The first-order valence-corrected chi connectivity index (χ1v) is 9.39. The number of rotatable bonds is 6. The van der Waals surface area contributed by atoms with E-state index in [-0.39, 0.29) is 12.5 Å². The molecule has 1 amide bonds. The molecule has 0 spiro atoms. The summed E-state index contributed by atoms with van der Waals surface area (Å²) < 4.78 is 5.27. The van der Waals surface area contributed by atoms with Gasteiger partial charge in [0.1, 0.15) is 0 Å². The predicted octanol–water partition coefficient (Wildman–Crippen LogP) is 3.95. The lowest BCUT2D eigenvalue weighted by Gasteiger charge is -2.04. The van der Waals surface area contributed by atoms with Crippen LogP contribution >= 0.6 is 0 Å². The highest BCUT2D eigenvalue weighted by Gasteiger charge is 2.15. The molecule has 4 aromatic rings. The molecule has 2 aromatic heterocycles. The Labute approximate surface area is 163 Å². The molecule has 0 bridgehead atoms. The standard InChI is InChI=1S/C22H22N4O2/c1-3-15-10-7-11-17-18(14(2)24-21(15)17)12-20(27)23-13-19-25-22(28-26-19)16-8-5-4-6-9-16/h4-11,24H,3,12-13H2,1-2H3,(H,23,27). The lowest BCUT2D eigenvalue weighted by atomic mass is 10.0. The third-order valence-electron chi connectivity index (χ3n) is 4.89. The Bertz CT molecular complexity index is 1110. The van der Waals surface area contributed by atoms with E-state index in [9.17, 15) is 4.79 Å². The highest BCUT2D eigenvalue weighted by molar-refractivity contribution is 5.91. The first kappa shape index (κ1) is 18.0. The average molecular weight is 374 g/mol. The number of H-pyrrole nitrogens is 1. The average Bonchev–Trinajstić information content (AvgIpc) is 3.32. The molecule has 6 nitrogen and oxygen atoms in total. The molecular weight excluding hydrogens is 352 g/mol. The topological polar surface area (TPSA) is 83.8 Å². The Morgan fingerprint density at radius 3 is 2.75 bits per heavy atom. The van der Waals surface area contributed by atoms with Crippen molar-refractivity contribution in [3.63, 3.8) is 0 Å². The Kier molecular flexibility index (Phi) is 4.93. The first-order valence-electron chi connectivity index (χ1n) is 9.39. The number of carbonyl (C=O) groups excluding carboxylic acids is 1. The minimum absolute atomic E-state index is 0.0723. The van der Waals surface area contributed by atoms with Crippen LogP contribution in [0.1, 0.15) is 29.6 Å². The van der Waals surface area contributed by atoms with Crippen LogP contribution < -0.4 is 5.32 Å². The van der Waals surface area contributed by atoms with Gasteiger partial charge in [-0.05, 0) is 36.6 Å². The normalized spacial score (nSPS) is 11.1. The molecule has 0 unspecified atom stereocenters. The van der Waals surface area contributed by atoms with Gasteiger partial charge in [0.05, 0.1) is 13.0 Å². The van der Waals surface area contributed by atoms with E-state index in [4.69, 9.17) is 4.52 Å². The van der Waals surface area contributed by atoms with E-state index in [1.807, 2.05) is 43.3 Å². The van der Waals surface area contributed by atoms with Gasteiger partial charge in [-0.15, -0.1) is 0 Å². The van der Waals surface area contributed by atoms with E-state index in [0.29, 0.717) is 18.1 Å². The van der Waals surface area contributed by atoms with E-state index in [0.717, 1.165) is 34.1 Å². The minimum Gasteiger partial charge on any atom is -0.358 e. The van der Waals surface area contributed by atoms with Gasteiger partial charge in [0, 0.05) is 22.2 Å². The van der Waals surface area contributed by atoms with Gasteiger partial charge in [0.2, 0.25) is 5.91 Å². The summed E-state index contributed by atoms with van der Waals surface area (Å²) in [6.07, 6.45) is 1.26. The maximum absolute atomic E-state index is 12.5. The minimum atomic E-state index is -0.0723. The number of aromatic nitrogens is 3. The number of hydrogen-bond acceptors (Lipinski definition) is 4. The Balaban J connectivity index is 1.44. The molecule has 2 heterocycles. The van der Waals surface area contributed by atoms with Crippen molar-refractivity contribution in [2.45, 2.75) is 33.2 Å². The number of aromatic amines is 1. The number of amides is 1. The third-order valence-corrected chi connectivity index (χ3v) is 4.89. The summed E-state index contributed by atoms with van der Waals surface area (Å²) in [5.74, 6) is 0.831. The van der Waals surface area contributed by atoms with Gasteiger partial charge in [-0.3, -0.25) is 4.79 Å². The maximum Gasteiger partial charge on any atom is 0.257 e. The van der Waals surface area contributed by atoms with Crippen LogP contribution in [0.15, 0.2) is 53.1 Å². The van der Waals surface area contributed by atoms with Crippen molar-refractivity contribution >= 4 is 16.8 Å². The quantitative estimate of drug-likeness (QED) is 0.535. The number of para-hydroxylation sites is 1. The summed E-state index contributed by atoms with van der Waals surface area (Å²) in [4.78, 5) is 20.3. The highest BCUT2D eigenvalue weighted by Crippen LogP contribution is 2.26. The van der Waals surface area contributed by atoms with Crippen molar-refractivity contribution in [3.8, 4) is 11.5 Å². The molecule has 6 heteroatoms.